The van der Waals surface area contributed by atoms with Gasteiger partial charge in [-0.15, -0.1) is 11.3 Å². The van der Waals surface area contributed by atoms with E-state index in [0.717, 1.165) is 20.1 Å². The summed E-state index contributed by atoms with van der Waals surface area (Å²) in [5.41, 5.74) is 5.90. The Balaban J connectivity index is 1.49. The van der Waals surface area contributed by atoms with Gasteiger partial charge < -0.3 is 4.74 Å². The molecule has 0 spiro atoms. The summed E-state index contributed by atoms with van der Waals surface area (Å²) in [5.74, 6) is -0.377. The molecule has 10 heteroatoms. The Morgan fingerprint density at radius 2 is 1.97 bits per heavy atom. The van der Waals surface area contributed by atoms with Gasteiger partial charge in [0, 0.05) is 10.1 Å². The first-order valence-corrected chi connectivity index (χ1v) is 10.7. The lowest BCUT2D eigenvalue weighted by atomic mass is 10.2. The van der Waals surface area contributed by atoms with Crippen LogP contribution in [0.1, 0.15) is 15.2 Å². The molecular weight excluding hydrogens is 498 g/mol. The van der Waals surface area contributed by atoms with Crippen molar-refractivity contribution in [3.05, 3.63) is 62.4 Å². The van der Waals surface area contributed by atoms with Gasteiger partial charge in [-0.3, -0.25) is 25.8 Å². The number of amides is 2. The number of rotatable bonds is 4. The van der Waals surface area contributed by atoms with Gasteiger partial charge in [0.1, 0.15) is 10.6 Å². The number of benzene rings is 2. The fourth-order valence-corrected chi connectivity index (χ4v) is 4.54. The van der Waals surface area contributed by atoms with E-state index in [9.17, 15) is 9.59 Å². The number of fused-ring (bicyclic) bond motifs is 1. The summed E-state index contributed by atoms with van der Waals surface area (Å²) in [6, 6.07) is 13.0. The molecule has 0 unspecified atom stereocenters. The van der Waals surface area contributed by atoms with Crippen LogP contribution in [0.3, 0.4) is 0 Å². The van der Waals surface area contributed by atoms with Crippen LogP contribution in [0.15, 0.2) is 46.9 Å². The van der Waals surface area contributed by atoms with Gasteiger partial charge in [0.05, 0.1) is 9.50 Å². The van der Waals surface area contributed by atoms with E-state index in [0.29, 0.717) is 15.6 Å². The molecule has 1 aromatic heterocycles. The fraction of sp³-hybridized carbons (Fsp3) is 0.105. The summed E-state index contributed by atoms with van der Waals surface area (Å²) < 4.78 is 7.09. The van der Waals surface area contributed by atoms with E-state index in [-0.39, 0.29) is 11.7 Å². The van der Waals surface area contributed by atoms with Crippen molar-refractivity contribution in [2.75, 3.05) is 6.61 Å². The molecule has 0 atom stereocenters. The molecule has 29 heavy (non-hydrogen) atoms. The summed E-state index contributed by atoms with van der Waals surface area (Å²) in [5, 5.41) is 3.59. The van der Waals surface area contributed by atoms with Crippen LogP contribution in [-0.2, 0) is 4.79 Å². The lowest BCUT2D eigenvalue weighted by Gasteiger charge is -2.12. The first-order chi connectivity index (χ1) is 13.8. The highest BCUT2D eigenvalue weighted by Gasteiger charge is 2.18. The second-order valence-electron chi connectivity index (χ2n) is 5.92. The third kappa shape index (κ3) is 5.45. The molecule has 3 aromatic rings. The van der Waals surface area contributed by atoms with Crippen molar-refractivity contribution in [1.82, 2.24) is 16.2 Å². The van der Waals surface area contributed by atoms with Crippen molar-refractivity contribution in [2.24, 2.45) is 0 Å². The van der Waals surface area contributed by atoms with Crippen molar-refractivity contribution < 1.29 is 14.3 Å². The van der Waals surface area contributed by atoms with Crippen LogP contribution in [0.5, 0.6) is 5.75 Å². The van der Waals surface area contributed by atoms with Gasteiger partial charge >= 0.3 is 0 Å². The van der Waals surface area contributed by atoms with Crippen molar-refractivity contribution >= 4 is 78.1 Å². The normalized spacial score (nSPS) is 10.4. The van der Waals surface area contributed by atoms with Crippen LogP contribution >= 0.6 is 51.1 Å². The highest BCUT2D eigenvalue weighted by molar-refractivity contribution is 9.10. The van der Waals surface area contributed by atoms with Crippen LogP contribution in [0.25, 0.3) is 10.1 Å². The SMILES string of the molecule is Cc1ccc(OCC(=O)NNC(=S)NC(=O)c2sc3ccccc3c2Cl)c(Br)c1. The summed E-state index contributed by atoms with van der Waals surface area (Å²) in [6.07, 6.45) is 0. The van der Waals surface area contributed by atoms with E-state index in [1.807, 2.05) is 43.3 Å². The molecule has 0 fully saturated rings. The first kappa shape index (κ1) is 21.5. The van der Waals surface area contributed by atoms with E-state index in [1.54, 1.807) is 6.07 Å². The zero-order valence-corrected chi connectivity index (χ0v) is 19.0. The molecule has 2 aromatic carbocycles. The maximum absolute atomic E-state index is 12.4. The minimum Gasteiger partial charge on any atom is -0.483 e. The molecule has 0 aliphatic heterocycles. The monoisotopic (exact) mass is 511 g/mol. The van der Waals surface area contributed by atoms with Crippen molar-refractivity contribution in [1.29, 1.82) is 0 Å². The summed E-state index contributed by atoms with van der Waals surface area (Å²) >= 11 is 16.0. The molecule has 1 heterocycles. The van der Waals surface area contributed by atoms with Gasteiger partial charge in [0.25, 0.3) is 11.8 Å². The maximum atomic E-state index is 12.4. The zero-order chi connectivity index (χ0) is 21.0. The van der Waals surface area contributed by atoms with Crippen molar-refractivity contribution in [3.63, 3.8) is 0 Å². The van der Waals surface area contributed by atoms with E-state index in [4.69, 9.17) is 28.6 Å². The molecule has 0 radical (unpaired) electrons. The van der Waals surface area contributed by atoms with Crippen molar-refractivity contribution in [2.45, 2.75) is 6.92 Å². The highest BCUT2D eigenvalue weighted by atomic mass is 79.9. The molecule has 0 bridgehead atoms. The molecule has 0 saturated carbocycles. The van der Waals surface area contributed by atoms with Gasteiger partial charge in [-0.1, -0.05) is 35.9 Å². The van der Waals surface area contributed by atoms with Gasteiger partial charge in [-0.05, 0) is 58.8 Å². The molecule has 6 nitrogen and oxygen atoms in total. The zero-order valence-electron chi connectivity index (χ0n) is 15.0. The molecular formula is C19H15BrClN3O3S2. The Morgan fingerprint density at radius 1 is 1.21 bits per heavy atom. The number of carbonyl (C=O) groups excluding carboxylic acids is 2. The number of ether oxygens (including phenoxy) is 1. The number of hydrogen-bond donors (Lipinski definition) is 3. The van der Waals surface area contributed by atoms with Crippen LogP contribution in [0, 0.1) is 6.92 Å². The minimum absolute atomic E-state index is 0.0617. The number of hydrazine groups is 1. The van der Waals surface area contributed by atoms with Gasteiger partial charge in [-0.2, -0.15) is 0 Å². The minimum atomic E-state index is -0.464. The average molecular weight is 513 g/mol. The van der Waals surface area contributed by atoms with Gasteiger partial charge in [0.15, 0.2) is 11.7 Å². The number of carbonyl (C=O) groups is 2. The molecule has 150 valence electrons. The number of halogens is 2. The quantitative estimate of drug-likeness (QED) is 0.358. The standard InChI is InChI=1S/C19H15BrClN3O3S2/c1-10-6-7-13(12(20)8-10)27-9-15(25)23-24-19(28)22-18(26)17-16(21)11-4-2-3-5-14(11)29-17/h2-8H,9H2,1H3,(H,23,25)(H2,22,24,26,28). The predicted octanol–water partition coefficient (Wildman–Crippen LogP) is 4.34. The number of thiophene rings is 1. The Labute approximate surface area is 189 Å². The molecule has 0 saturated heterocycles. The Kier molecular flexibility index (Phi) is 7.07. The van der Waals surface area contributed by atoms with Crippen LogP contribution < -0.4 is 20.9 Å². The molecule has 0 aliphatic rings. The number of hydrogen-bond acceptors (Lipinski definition) is 5. The fourth-order valence-electron chi connectivity index (χ4n) is 2.38. The molecule has 0 aliphatic carbocycles. The number of thiocarbonyl (C=S) groups is 1. The van der Waals surface area contributed by atoms with Crippen LogP contribution in [0.4, 0.5) is 0 Å². The Hall–Kier alpha value is -2.20. The second-order valence-corrected chi connectivity index (χ2v) is 8.61. The third-order valence-corrected chi connectivity index (χ3v) is 6.23. The largest absolute Gasteiger partial charge is 0.483 e. The van der Waals surface area contributed by atoms with Gasteiger partial charge in [0.2, 0.25) is 0 Å². The van der Waals surface area contributed by atoms with Gasteiger partial charge in [-0.25, -0.2) is 0 Å². The third-order valence-electron chi connectivity index (χ3n) is 3.73. The average Bonchev–Trinajstić information content (AvgIpc) is 3.03. The summed E-state index contributed by atoms with van der Waals surface area (Å²) in [4.78, 5) is 24.7. The summed E-state index contributed by atoms with van der Waals surface area (Å²) in [7, 11) is 0. The number of aryl methyl sites for hydroxylation is 1. The number of nitrogens with one attached hydrogen (secondary N) is 3. The lowest BCUT2D eigenvalue weighted by Crippen LogP contribution is -2.49. The summed E-state index contributed by atoms with van der Waals surface area (Å²) in [6.45, 7) is 1.72. The Morgan fingerprint density at radius 3 is 2.69 bits per heavy atom. The first-order valence-electron chi connectivity index (χ1n) is 8.31. The predicted molar refractivity (Wildman–Crippen MR) is 123 cm³/mol. The van der Waals surface area contributed by atoms with Crippen LogP contribution in [-0.4, -0.2) is 23.5 Å². The van der Waals surface area contributed by atoms with E-state index in [2.05, 4.69) is 32.1 Å². The van der Waals surface area contributed by atoms with Crippen LogP contribution in [0.2, 0.25) is 5.02 Å². The lowest BCUT2D eigenvalue weighted by molar-refractivity contribution is -0.123. The van der Waals surface area contributed by atoms with E-state index in [1.165, 1.54) is 11.3 Å². The second kappa shape index (κ2) is 9.53. The van der Waals surface area contributed by atoms with Crippen molar-refractivity contribution in [3.8, 4) is 5.75 Å². The molecule has 3 rings (SSSR count). The highest BCUT2D eigenvalue weighted by Crippen LogP contribution is 2.34. The van der Waals surface area contributed by atoms with E-state index >= 15 is 0 Å². The smallest absolute Gasteiger partial charge is 0.276 e. The maximum Gasteiger partial charge on any atom is 0.276 e. The molecule has 2 amide bonds. The topological polar surface area (TPSA) is 79.5 Å². The Bertz CT molecular complexity index is 1100. The van der Waals surface area contributed by atoms with E-state index < -0.39 is 11.8 Å². The molecule has 3 N–H and O–H groups in total.